The second-order valence-electron chi connectivity index (χ2n) is 10.00. The van der Waals surface area contributed by atoms with Gasteiger partial charge in [-0.1, -0.05) is 47.5 Å². The van der Waals surface area contributed by atoms with Gasteiger partial charge in [0.15, 0.2) is 11.3 Å². The predicted molar refractivity (Wildman–Crippen MR) is 171 cm³/mol. The Morgan fingerprint density at radius 2 is 1.79 bits per heavy atom. The number of fused-ring (bicyclic) bond motifs is 1. The highest BCUT2D eigenvalue weighted by molar-refractivity contribution is 6.37. The van der Waals surface area contributed by atoms with E-state index in [2.05, 4.69) is 10.6 Å². The molecule has 5 aromatic rings. The van der Waals surface area contributed by atoms with Crippen LogP contribution in [0.5, 0.6) is 5.75 Å². The summed E-state index contributed by atoms with van der Waals surface area (Å²) in [6.07, 6.45) is 5.54. The number of aromatic nitrogens is 1. The van der Waals surface area contributed by atoms with E-state index in [-0.39, 0.29) is 18.4 Å². The molecule has 0 fully saturated rings. The minimum atomic E-state index is -0.250. The van der Waals surface area contributed by atoms with E-state index in [0.29, 0.717) is 34.4 Å². The Bertz CT molecular complexity index is 1820. The van der Waals surface area contributed by atoms with Crippen LogP contribution in [0, 0.1) is 13.8 Å². The third-order valence-corrected chi connectivity index (χ3v) is 8.08. The fraction of sp³-hybridized carbons (Fsp3) is 0.176. The first-order valence-corrected chi connectivity index (χ1v) is 14.6. The van der Waals surface area contributed by atoms with E-state index >= 15 is 0 Å². The van der Waals surface area contributed by atoms with Gasteiger partial charge in [-0.3, -0.25) is 9.59 Å². The highest BCUT2D eigenvalue weighted by Gasteiger charge is 2.16. The molecule has 0 aliphatic heterocycles. The van der Waals surface area contributed by atoms with Crippen LogP contribution < -0.4 is 15.4 Å². The molecule has 220 valence electrons. The Labute approximate surface area is 260 Å². The van der Waals surface area contributed by atoms with E-state index in [1.165, 1.54) is 6.08 Å². The van der Waals surface area contributed by atoms with Crippen LogP contribution in [-0.2, 0) is 17.8 Å². The van der Waals surface area contributed by atoms with Gasteiger partial charge in [-0.15, -0.1) is 0 Å². The lowest BCUT2D eigenvalue weighted by Gasteiger charge is -2.16. The summed E-state index contributed by atoms with van der Waals surface area (Å²) in [6, 6.07) is 20.3. The quantitative estimate of drug-likeness (QED) is 0.160. The van der Waals surface area contributed by atoms with Gasteiger partial charge in [0.1, 0.15) is 5.76 Å². The fourth-order valence-corrected chi connectivity index (χ4v) is 5.46. The number of carbonyl (C=O) groups excluding carboxylic acids is 2. The lowest BCUT2D eigenvalue weighted by molar-refractivity contribution is -0.116. The van der Waals surface area contributed by atoms with E-state index in [4.69, 9.17) is 32.4 Å². The first-order chi connectivity index (χ1) is 20.8. The third kappa shape index (κ3) is 6.63. The van der Waals surface area contributed by atoms with E-state index in [1.807, 2.05) is 67.1 Å². The number of aryl methyl sites for hydroxylation is 2. The molecule has 0 bridgehead atoms. The zero-order valence-corrected chi connectivity index (χ0v) is 25.6. The molecule has 0 radical (unpaired) electrons. The second kappa shape index (κ2) is 13.2. The van der Waals surface area contributed by atoms with Crippen LogP contribution in [0.4, 0.5) is 0 Å². The third-order valence-electron chi connectivity index (χ3n) is 7.30. The average molecular weight is 617 g/mol. The summed E-state index contributed by atoms with van der Waals surface area (Å²) in [6.45, 7) is 4.62. The number of nitrogens with one attached hydrogen (secondary N) is 2. The number of para-hydroxylation sites is 1. The van der Waals surface area contributed by atoms with Gasteiger partial charge in [-0.05, 0) is 79.1 Å². The largest absolute Gasteiger partial charge is 0.489 e. The molecule has 0 aliphatic carbocycles. The Morgan fingerprint density at radius 3 is 2.56 bits per heavy atom. The first kappa shape index (κ1) is 30.0. The molecule has 2 amide bonds. The first-order valence-electron chi connectivity index (χ1n) is 13.8. The summed E-state index contributed by atoms with van der Waals surface area (Å²) < 4.78 is 14.0. The lowest BCUT2D eigenvalue weighted by atomic mass is 10.1. The van der Waals surface area contributed by atoms with Crippen LogP contribution in [-0.4, -0.2) is 30.0 Å². The van der Waals surface area contributed by atoms with E-state index in [0.717, 1.165) is 44.8 Å². The highest BCUT2D eigenvalue weighted by Crippen LogP contribution is 2.34. The molecule has 2 heterocycles. The number of carbonyl (C=O) groups is 2. The molecule has 0 saturated carbocycles. The summed E-state index contributed by atoms with van der Waals surface area (Å²) in [4.78, 5) is 24.3. The van der Waals surface area contributed by atoms with Gasteiger partial charge in [-0.25, -0.2) is 0 Å². The Morgan fingerprint density at radius 1 is 1.00 bits per heavy atom. The predicted octanol–water partition coefficient (Wildman–Crippen LogP) is 7.46. The molecule has 3 aromatic carbocycles. The average Bonchev–Trinajstić information content (AvgIpc) is 3.60. The Balaban J connectivity index is 1.24. The Hall–Kier alpha value is -4.46. The molecule has 0 spiro atoms. The van der Waals surface area contributed by atoms with Crippen LogP contribution in [0.1, 0.15) is 38.5 Å². The van der Waals surface area contributed by atoms with Crippen molar-refractivity contribution in [3.8, 4) is 11.4 Å². The van der Waals surface area contributed by atoms with Crippen molar-refractivity contribution in [2.45, 2.75) is 26.8 Å². The standard InChI is InChI=1S/C34H31Cl2N3O4/c1-21-22(2)43-33-26(21)7-4-8-30(33)42-19-17-27-28(35)14-15-29(32(27)36)39-18-5-6-25(39)20-38-31(40)16-11-23-9-12-24(13-10-23)34(41)37-3/h4-16,18H,17,19-20H2,1-3H3,(H,37,41)(H,38,40). The van der Waals surface area contributed by atoms with Gasteiger partial charge >= 0.3 is 0 Å². The summed E-state index contributed by atoms with van der Waals surface area (Å²) in [5.41, 5.74) is 5.56. The molecule has 0 unspecified atom stereocenters. The van der Waals surface area contributed by atoms with Crippen LogP contribution >= 0.6 is 23.2 Å². The molecule has 5 rings (SSSR count). The zero-order valence-electron chi connectivity index (χ0n) is 24.0. The van der Waals surface area contributed by atoms with Crippen LogP contribution in [0.2, 0.25) is 10.0 Å². The fourth-order valence-electron chi connectivity index (χ4n) is 4.81. The molecular formula is C34H31Cl2N3O4. The number of nitrogens with zero attached hydrogens (tertiary/aromatic N) is 1. The molecule has 9 heteroatoms. The van der Waals surface area contributed by atoms with Crippen molar-refractivity contribution in [3.05, 3.63) is 123 Å². The second-order valence-corrected chi connectivity index (χ2v) is 10.8. The maximum absolute atomic E-state index is 12.5. The SMILES string of the molecule is CNC(=O)c1ccc(C=CC(=O)NCc2cccn2-c2ccc(Cl)c(CCOc3cccc4c(C)c(C)oc34)c2Cl)cc1. The molecule has 0 atom stereocenters. The summed E-state index contributed by atoms with van der Waals surface area (Å²) in [7, 11) is 1.58. The van der Waals surface area contributed by atoms with Crippen molar-refractivity contribution in [3.63, 3.8) is 0 Å². The van der Waals surface area contributed by atoms with E-state index < -0.39 is 0 Å². The van der Waals surface area contributed by atoms with Crippen molar-refractivity contribution in [1.82, 2.24) is 15.2 Å². The minimum Gasteiger partial charge on any atom is -0.489 e. The highest BCUT2D eigenvalue weighted by atomic mass is 35.5. The number of furan rings is 1. The van der Waals surface area contributed by atoms with Crippen LogP contribution in [0.3, 0.4) is 0 Å². The number of amides is 2. The number of hydrogen-bond acceptors (Lipinski definition) is 4. The van der Waals surface area contributed by atoms with Crippen LogP contribution in [0.15, 0.2) is 83.4 Å². The maximum Gasteiger partial charge on any atom is 0.251 e. The number of rotatable bonds is 10. The van der Waals surface area contributed by atoms with Gasteiger partial charge in [-0.2, -0.15) is 0 Å². The number of halogens is 2. The Kier molecular flexibility index (Phi) is 9.24. The summed E-state index contributed by atoms with van der Waals surface area (Å²) in [5, 5.41) is 7.60. The van der Waals surface area contributed by atoms with Gasteiger partial charge in [0.05, 0.1) is 23.9 Å². The van der Waals surface area contributed by atoms with Gasteiger partial charge in [0.2, 0.25) is 5.91 Å². The maximum atomic E-state index is 12.5. The summed E-state index contributed by atoms with van der Waals surface area (Å²) in [5.74, 6) is 1.13. The number of ether oxygens (including phenoxy) is 1. The topological polar surface area (TPSA) is 85.5 Å². The van der Waals surface area contributed by atoms with Crippen molar-refractivity contribution in [2.75, 3.05) is 13.7 Å². The molecule has 2 aromatic heterocycles. The van der Waals surface area contributed by atoms with Crippen molar-refractivity contribution in [1.29, 1.82) is 0 Å². The van der Waals surface area contributed by atoms with Crippen molar-refractivity contribution in [2.24, 2.45) is 0 Å². The lowest BCUT2D eigenvalue weighted by Crippen LogP contribution is -2.21. The smallest absolute Gasteiger partial charge is 0.251 e. The zero-order chi connectivity index (χ0) is 30.5. The molecule has 0 aliphatic rings. The minimum absolute atomic E-state index is 0.162. The monoisotopic (exact) mass is 615 g/mol. The normalized spacial score (nSPS) is 11.3. The van der Waals surface area contributed by atoms with E-state index in [9.17, 15) is 9.59 Å². The molecular weight excluding hydrogens is 585 g/mol. The summed E-state index contributed by atoms with van der Waals surface area (Å²) >= 11 is 13.5. The van der Waals surface area contributed by atoms with Crippen molar-refractivity contribution < 1.29 is 18.7 Å². The van der Waals surface area contributed by atoms with Gasteiger partial charge in [0, 0.05) is 47.4 Å². The molecule has 7 nitrogen and oxygen atoms in total. The van der Waals surface area contributed by atoms with Crippen LogP contribution in [0.25, 0.3) is 22.7 Å². The molecule has 0 saturated heterocycles. The van der Waals surface area contributed by atoms with Crippen molar-refractivity contribution >= 4 is 52.1 Å². The van der Waals surface area contributed by atoms with Gasteiger partial charge in [0.25, 0.3) is 5.91 Å². The van der Waals surface area contributed by atoms with Gasteiger partial charge < -0.3 is 24.4 Å². The molecule has 2 N–H and O–H groups in total. The molecule has 43 heavy (non-hydrogen) atoms. The van der Waals surface area contributed by atoms with E-state index in [1.54, 1.807) is 37.4 Å². The number of hydrogen-bond donors (Lipinski definition) is 2. The number of benzene rings is 3.